The summed E-state index contributed by atoms with van der Waals surface area (Å²) in [6.45, 7) is 17.7. The topological polar surface area (TPSA) is 104 Å². The van der Waals surface area contributed by atoms with E-state index < -0.39 is 0 Å². The molecule has 88 heavy (non-hydrogen) atoms. The second-order valence-electron chi connectivity index (χ2n) is 23.7. The summed E-state index contributed by atoms with van der Waals surface area (Å²) < 4.78 is 24.2. The van der Waals surface area contributed by atoms with Gasteiger partial charge in [-0.25, -0.2) is 4.98 Å². The minimum absolute atomic E-state index is 0.540. The van der Waals surface area contributed by atoms with Crippen LogP contribution < -0.4 is 0 Å². The maximum Gasteiger partial charge on any atom is 0.227 e. The molecule has 0 N–H and O–H groups in total. The number of rotatable bonds is 8. The molecule has 8 heterocycles. The molecule has 0 aliphatic heterocycles. The van der Waals surface area contributed by atoms with Gasteiger partial charge in [0.1, 0.15) is 33.4 Å². The van der Waals surface area contributed by atoms with Gasteiger partial charge in [-0.05, 0) is 111 Å². The maximum absolute atomic E-state index is 6.08. The van der Waals surface area contributed by atoms with Gasteiger partial charge >= 0.3 is 0 Å². The Balaban J connectivity index is 0.000000108. The fraction of sp³-hybridized carbons (Fsp3) is 0.150. The number of benzene rings is 8. The molecule has 0 amide bonds. The zero-order chi connectivity index (χ0) is 60.4. The molecular weight excluding hydrogens is 1080 g/mol. The first-order valence-electron chi connectivity index (χ1n) is 30.4. The number of hydrogen-bond donors (Lipinski definition) is 0. The van der Waals surface area contributed by atoms with Crippen LogP contribution in [0.4, 0.5) is 0 Å². The van der Waals surface area contributed by atoms with Gasteiger partial charge < -0.3 is 17.7 Å². The van der Waals surface area contributed by atoms with Gasteiger partial charge in [0, 0.05) is 90.9 Å². The molecule has 8 nitrogen and oxygen atoms in total. The third-order valence-corrected chi connectivity index (χ3v) is 16.7. The molecule has 0 atom stereocenters. The Bertz CT molecular complexity index is 4440. The first kappa shape index (κ1) is 56.7. The Morgan fingerprint density at radius 2 is 0.670 bits per heavy atom. The lowest BCUT2D eigenvalue weighted by molar-refractivity contribution is 0.655. The molecule has 8 heteroatoms. The summed E-state index contributed by atoms with van der Waals surface area (Å²) in [6.07, 6.45) is 10.8. The van der Waals surface area contributed by atoms with E-state index >= 15 is 0 Å². The van der Waals surface area contributed by atoms with Gasteiger partial charge in [-0.1, -0.05) is 219 Å². The molecule has 0 aliphatic rings. The van der Waals surface area contributed by atoms with Crippen molar-refractivity contribution in [1.29, 1.82) is 0 Å². The summed E-state index contributed by atoms with van der Waals surface area (Å²) in [5, 5.41) is 7.70. The SMILES string of the molecule is CC(C)c1ccc(-c2cccc3c2oc2ccncc23)cc1.CC(C)c1ccc(-c2cccc3c2oc2cnccc23)cc1.CC(C)c1ccc(-c2cccc3c2oc2ncccc23)cc1.CC(C)c1ccc(-c2ccnc3c2oc2ccccc23)cc1. The van der Waals surface area contributed by atoms with E-state index in [0.717, 1.165) is 110 Å². The third kappa shape index (κ3) is 11.2. The van der Waals surface area contributed by atoms with Crippen molar-refractivity contribution in [2.45, 2.75) is 79.1 Å². The van der Waals surface area contributed by atoms with Crippen LogP contribution in [0.15, 0.2) is 261 Å². The number of furan rings is 4. The van der Waals surface area contributed by atoms with Crippen LogP contribution in [-0.4, -0.2) is 19.9 Å². The van der Waals surface area contributed by atoms with E-state index in [0.29, 0.717) is 29.4 Å². The van der Waals surface area contributed by atoms with E-state index in [1.54, 1.807) is 24.8 Å². The molecule has 8 aromatic carbocycles. The quantitative estimate of drug-likeness (QED) is 0.148. The molecule has 16 aromatic rings. The molecule has 16 rings (SSSR count). The molecule has 0 bridgehead atoms. The normalized spacial score (nSPS) is 11.6. The summed E-state index contributed by atoms with van der Waals surface area (Å²) in [6, 6.07) is 71.8. The highest BCUT2D eigenvalue weighted by Gasteiger charge is 2.17. The predicted octanol–water partition coefficient (Wildman–Crippen LogP) is 23.1. The number of nitrogens with zero attached hydrogens (tertiary/aromatic N) is 4. The maximum atomic E-state index is 6.08. The molecule has 0 fully saturated rings. The Hall–Kier alpha value is -10.4. The van der Waals surface area contributed by atoms with Crippen molar-refractivity contribution in [3.05, 3.63) is 266 Å². The van der Waals surface area contributed by atoms with Crippen molar-refractivity contribution in [2.24, 2.45) is 0 Å². The largest absolute Gasteiger partial charge is 0.455 e. The van der Waals surface area contributed by atoms with Crippen molar-refractivity contribution < 1.29 is 17.7 Å². The van der Waals surface area contributed by atoms with Crippen molar-refractivity contribution >= 4 is 88.0 Å². The average molecular weight is 1150 g/mol. The molecule has 0 saturated carbocycles. The van der Waals surface area contributed by atoms with Crippen LogP contribution in [0.3, 0.4) is 0 Å². The summed E-state index contributed by atoms with van der Waals surface area (Å²) in [7, 11) is 0. The minimum atomic E-state index is 0.540. The van der Waals surface area contributed by atoms with Gasteiger partial charge in [0.2, 0.25) is 5.71 Å². The average Bonchev–Trinajstić information content (AvgIpc) is 3.08. The lowest BCUT2D eigenvalue weighted by Crippen LogP contribution is -1.87. The molecule has 0 saturated heterocycles. The van der Waals surface area contributed by atoms with E-state index in [1.807, 2.05) is 54.9 Å². The van der Waals surface area contributed by atoms with Crippen LogP contribution in [0.1, 0.15) is 101 Å². The smallest absolute Gasteiger partial charge is 0.227 e. The number of hydrogen-bond acceptors (Lipinski definition) is 8. The summed E-state index contributed by atoms with van der Waals surface area (Å²) in [5.41, 5.74) is 22.4. The third-order valence-electron chi connectivity index (χ3n) is 16.7. The van der Waals surface area contributed by atoms with Gasteiger partial charge in [0.25, 0.3) is 0 Å². The van der Waals surface area contributed by atoms with Crippen molar-refractivity contribution in [3.63, 3.8) is 0 Å². The van der Waals surface area contributed by atoms with E-state index in [-0.39, 0.29) is 0 Å². The van der Waals surface area contributed by atoms with Gasteiger partial charge in [0.05, 0.1) is 6.20 Å². The molecule has 0 unspecified atom stereocenters. The molecular formula is C80H68N4O4. The first-order chi connectivity index (χ1) is 42.9. The zero-order valence-electron chi connectivity index (χ0n) is 50.8. The Kier molecular flexibility index (Phi) is 15.8. The lowest BCUT2D eigenvalue weighted by Gasteiger charge is -2.07. The Morgan fingerprint density at radius 1 is 0.261 bits per heavy atom. The lowest BCUT2D eigenvalue weighted by atomic mass is 9.98. The van der Waals surface area contributed by atoms with Crippen LogP contribution in [0.25, 0.3) is 133 Å². The second-order valence-corrected chi connectivity index (χ2v) is 23.7. The summed E-state index contributed by atoms with van der Waals surface area (Å²) >= 11 is 0. The van der Waals surface area contributed by atoms with Crippen LogP contribution in [0.5, 0.6) is 0 Å². The highest BCUT2D eigenvalue weighted by molar-refractivity contribution is 6.11. The van der Waals surface area contributed by atoms with Gasteiger partial charge in [-0.2, -0.15) is 0 Å². The van der Waals surface area contributed by atoms with Gasteiger partial charge in [0.15, 0.2) is 11.2 Å². The predicted molar refractivity (Wildman–Crippen MR) is 364 cm³/mol. The van der Waals surface area contributed by atoms with Gasteiger partial charge in [-0.3, -0.25) is 15.0 Å². The standard InChI is InChI=1S/4C20H17NO/c1-13(2)14-8-10-15(11-9-14)16-5-3-6-17-18-7-4-12-21-20(18)22-19(16)17;1-13(2)14-6-8-15(9-7-14)16-4-3-5-18-17-10-11-21-12-19(17)22-20(16)18;1-13(2)14-6-8-15(9-7-14)16-4-3-5-17-18-12-21-11-10-19(18)22-20(16)17;1-13(2)14-7-9-15(10-8-14)16-11-12-21-19-17-5-3-4-6-18(17)22-20(16)19/h4*3-13H,1-2H3. The molecule has 0 aliphatic carbocycles. The minimum Gasteiger partial charge on any atom is -0.455 e. The van der Waals surface area contributed by atoms with Crippen LogP contribution in [0.2, 0.25) is 0 Å². The fourth-order valence-electron chi connectivity index (χ4n) is 11.6. The van der Waals surface area contributed by atoms with Crippen LogP contribution in [-0.2, 0) is 0 Å². The second kappa shape index (κ2) is 24.5. The molecule has 0 spiro atoms. The summed E-state index contributed by atoms with van der Waals surface area (Å²) in [4.78, 5) is 17.2. The van der Waals surface area contributed by atoms with Crippen molar-refractivity contribution in [2.75, 3.05) is 0 Å². The highest BCUT2D eigenvalue weighted by Crippen LogP contribution is 2.40. The number of pyridine rings is 4. The van der Waals surface area contributed by atoms with Crippen molar-refractivity contribution in [1.82, 2.24) is 19.9 Å². The number of para-hydroxylation sites is 4. The highest BCUT2D eigenvalue weighted by atomic mass is 16.3. The van der Waals surface area contributed by atoms with Crippen molar-refractivity contribution in [3.8, 4) is 44.5 Å². The van der Waals surface area contributed by atoms with Crippen LogP contribution >= 0.6 is 0 Å². The number of aromatic nitrogens is 4. The zero-order valence-corrected chi connectivity index (χ0v) is 50.8. The van der Waals surface area contributed by atoms with Gasteiger partial charge in [-0.15, -0.1) is 0 Å². The Labute approximate surface area is 512 Å². The Morgan fingerprint density at radius 3 is 1.20 bits per heavy atom. The van der Waals surface area contributed by atoms with Crippen LogP contribution in [0, 0.1) is 0 Å². The van der Waals surface area contributed by atoms with E-state index in [9.17, 15) is 0 Å². The number of fused-ring (bicyclic) bond motifs is 12. The summed E-state index contributed by atoms with van der Waals surface area (Å²) in [5.74, 6) is 2.17. The van der Waals surface area contributed by atoms with E-state index in [4.69, 9.17) is 17.7 Å². The molecule has 8 aromatic heterocycles. The fourth-order valence-corrected chi connectivity index (χ4v) is 11.6. The monoisotopic (exact) mass is 1150 g/mol. The molecule has 432 valence electrons. The van der Waals surface area contributed by atoms with E-state index in [1.165, 1.54) is 38.9 Å². The van der Waals surface area contributed by atoms with E-state index in [2.05, 4.69) is 239 Å². The molecule has 0 radical (unpaired) electrons. The first-order valence-corrected chi connectivity index (χ1v) is 30.4.